The zero-order chi connectivity index (χ0) is 24.5. The third kappa shape index (κ3) is 4.97. The van der Waals surface area contributed by atoms with Gasteiger partial charge in [-0.2, -0.15) is 4.31 Å². The first-order chi connectivity index (χ1) is 16.1. The predicted molar refractivity (Wildman–Crippen MR) is 128 cm³/mol. The molecule has 2 fully saturated rings. The first-order valence-corrected chi connectivity index (χ1v) is 12.7. The molecule has 2 heterocycles. The van der Waals surface area contributed by atoms with Gasteiger partial charge in [0.2, 0.25) is 27.7 Å². The summed E-state index contributed by atoms with van der Waals surface area (Å²) < 4.78 is 27.4. The average Bonchev–Trinajstić information content (AvgIpc) is 3.21. The number of primary amides is 1. The number of carbonyl (C=O) groups is 3. The van der Waals surface area contributed by atoms with E-state index >= 15 is 0 Å². The smallest absolute Gasteiger partial charge is 0.248 e. The van der Waals surface area contributed by atoms with Crippen molar-refractivity contribution in [1.82, 2.24) is 4.31 Å². The van der Waals surface area contributed by atoms with Crippen molar-refractivity contribution < 1.29 is 22.8 Å². The quantitative estimate of drug-likeness (QED) is 0.649. The van der Waals surface area contributed by atoms with Gasteiger partial charge in [-0.3, -0.25) is 14.4 Å². The Morgan fingerprint density at radius 1 is 1.00 bits per heavy atom. The Labute approximate surface area is 199 Å². The summed E-state index contributed by atoms with van der Waals surface area (Å²) in [6.45, 7) is 3.34. The number of rotatable bonds is 6. The molecule has 2 aliphatic heterocycles. The van der Waals surface area contributed by atoms with Crippen molar-refractivity contribution in [1.29, 1.82) is 0 Å². The van der Waals surface area contributed by atoms with Gasteiger partial charge in [0, 0.05) is 43.0 Å². The Hall–Kier alpha value is -3.24. The second-order valence-corrected chi connectivity index (χ2v) is 10.9. The van der Waals surface area contributed by atoms with E-state index in [0.29, 0.717) is 35.9 Å². The fourth-order valence-corrected chi connectivity index (χ4v) is 5.74. The van der Waals surface area contributed by atoms with Crippen LogP contribution in [-0.4, -0.2) is 50.1 Å². The van der Waals surface area contributed by atoms with Crippen molar-refractivity contribution in [3.63, 3.8) is 0 Å². The van der Waals surface area contributed by atoms with Gasteiger partial charge in [0.05, 0.1) is 10.8 Å². The highest BCUT2D eigenvalue weighted by atomic mass is 32.2. The fraction of sp³-hybridized carbons (Fsp3) is 0.375. The largest absolute Gasteiger partial charge is 0.366 e. The number of benzene rings is 2. The number of carbonyl (C=O) groups excluding carboxylic acids is 3. The zero-order valence-electron chi connectivity index (χ0n) is 18.9. The molecule has 2 saturated heterocycles. The zero-order valence-corrected chi connectivity index (χ0v) is 19.8. The summed E-state index contributed by atoms with van der Waals surface area (Å²) in [5.41, 5.74) is 6.61. The Kier molecular flexibility index (Phi) is 6.72. The van der Waals surface area contributed by atoms with Crippen LogP contribution in [0, 0.1) is 11.8 Å². The van der Waals surface area contributed by atoms with Crippen LogP contribution in [0.3, 0.4) is 0 Å². The van der Waals surface area contributed by atoms with Crippen molar-refractivity contribution in [2.75, 3.05) is 29.9 Å². The van der Waals surface area contributed by atoms with Crippen LogP contribution in [0.15, 0.2) is 53.4 Å². The van der Waals surface area contributed by atoms with Gasteiger partial charge in [0.15, 0.2) is 0 Å². The van der Waals surface area contributed by atoms with E-state index in [2.05, 4.69) is 12.2 Å². The highest BCUT2D eigenvalue weighted by Crippen LogP contribution is 2.29. The monoisotopic (exact) mass is 484 g/mol. The number of sulfonamides is 1. The number of nitrogens with zero attached hydrogens (tertiary/aromatic N) is 2. The molecule has 2 aromatic rings. The van der Waals surface area contributed by atoms with Crippen molar-refractivity contribution in [3.05, 3.63) is 54.1 Å². The van der Waals surface area contributed by atoms with Crippen molar-refractivity contribution >= 4 is 39.1 Å². The predicted octanol–water partition coefficient (Wildman–Crippen LogP) is 2.20. The van der Waals surface area contributed by atoms with E-state index < -0.39 is 21.8 Å². The third-order valence-electron chi connectivity index (χ3n) is 6.46. The van der Waals surface area contributed by atoms with Gasteiger partial charge in [0.1, 0.15) is 0 Å². The number of hydrogen-bond donors (Lipinski definition) is 2. The maximum atomic E-state index is 12.9. The minimum absolute atomic E-state index is 0.0528. The van der Waals surface area contributed by atoms with Crippen LogP contribution in [-0.2, 0) is 19.6 Å². The Morgan fingerprint density at radius 3 is 2.21 bits per heavy atom. The van der Waals surface area contributed by atoms with Crippen LogP contribution < -0.4 is 16.0 Å². The Balaban J connectivity index is 1.40. The van der Waals surface area contributed by atoms with Gasteiger partial charge in [-0.15, -0.1) is 0 Å². The van der Waals surface area contributed by atoms with E-state index in [9.17, 15) is 22.8 Å². The fourth-order valence-electron chi connectivity index (χ4n) is 4.27. The number of nitrogens with two attached hydrogens (primary N) is 1. The highest BCUT2D eigenvalue weighted by molar-refractivity contribution is 7.89. The molecule has 180 valence electrons. The number of anilines is 2. The molecular formula is C24H28N4O5S. The van der Waals surface area contributed by atoms with Crippen LogP contribution >= 0.6 is 0 Å². The van der Waals surface area contributed by atoms with Crippen LogP contribution in [0.5, 0.6) is 0 Å². The second kappa shape index (κ2) is 9.55. The average molecular weight is 485 g/mol. The molecule has 34 heavy (non-hydrogen) atoms. The number of hydrogen-bond acceptors (Lipinski definition) is 5. The molecule has 2 aliphatic rings. The Bertz CT molecular complexity index is 1190. The molecule has 9 nitrogen and oxygen atoms in total. The van der Waals surface area contributed by atoms with E-state index in [1.165, 1.54) is 33.5 Å². The highest BCUT2D eigenvalue weighted by Gasteiger charge is 2.35. The van der Waals surface area contributed by atoms with Gasteiger partial charge in [-0.25, -0.2) is 8.42 Å². The van der Waals surface area contributed by atoms with E-state index in [1.807, 2.05) is 0 Å². The number of nitrogens with one attached hydrogen (secondary N) is 1. The summed E-state index contributed by atoms with van der Waals surface area (Å²) in [6.07, 6.45) is 1.74. The molecule has 0 saturated carbocycles. The molecule has 0 unspecified atom stereocenters. The summed E-state index contributed by atoms with van der Waals surface area (Å²) in [6, 6.07) is 12.4. The van der Waals surface area contributed by atoms with E-state index in [-0.39, 0.29) is 29.7 Å². The lowest BCUT2D eigenvalue weighted by molar-refractivity contribution is -0.122. The minimum Gasteiger partial charge on any atom is -0.366 e. The van der Waals surface area contributed by atoms with E-state index in [1.54, 1.807) is 24.3 Å². The minimum atomic E-state index is -3.57. The summed E-state index contributed by atoms with van der Waals surface area (Å²) in [7, 11) is -3.57. The number of piperidine rings is 1. The molecule has 1 atom stereocenters. The molecule has 4 rings (SSSR count). The first-order valence-electron chi connectivity index (χ1n) is 11.3. The summed E-state index contributed by atoms with van der Waals surface area (Å²) in [5, 5.41) is 2.76. The standard InChI is InChI=1S/C24H28N4O5S/c1-16-10-12-27(13-11-16)34(32,33)21-8-6-20(7-9-21)28-15-18(14-22(28)29)24(31)26-19-4-2-17(3-5-19)23(25)30/h2-9,16,18H,10-15H2,1H3,(H2,25,30)(H,26,31)/t18-/m0/s1. The van der Waals surface area contributed by atoms with Crippen molar-refractivity contribution in [2.45, 2.75) is 31.1 Å². The molecule has 2 aromatic carbocycles. The molecule has 3 N–H and O–H groups in total. The maximum Gasteiger partial charge on any atom is 0.248 e. The van der Waals surface area contributed by atoms with Gasteiger partial charge in [-0.1, -0.05) is 6.92 Å². The molecular weight excluding hydrogens is 456 g/mol. The van der Waals surface area contributed by atoms with Crippen molar-refractivity contribution in [3.8, 4) is 0 Å². The molecule has 0 bridgehead atoms. The molecule has 0 aromatic heterocycles. The molecule has 0 spiro atoms. The van der Waals surface area contributed by atoms with E-state index in [4.69, 9.17) is 5.73 Å². The number of amides is 3. The SMILES string of the molecule is CC1CCN(S(=O)(=O)c2ccc(N3C[C@@H](C(=O)Nc4ccc(C(N)=O)cc4)CC3=O)cc2)CC1. The normalized spacial score (nSPS) is 19.9. The molecule has 0 aliphatic carbocycles. The van der Waals surface area contributed by atoms with Crippen LogP contribution in [0.4, 0.5) is 11.4 Å². The lowest BCUT2D eigenvalue weighted by Gasteiger charge is -2.29. The Morgan fingerprint density at radius 2 is 1.62 bits per heavy atom. The molecule has 3 amide bonds. The van der Waals surface area contributed by atoms with Gasteiger partial charge < -0.3 is 16.0 Å². The summed E-state index contributed by atoms with van der Waals surface area (Å²) in [5.74, 6) is -1.10. The first kappa shape index (κ1) is 23.9. The topological polar surface area (TPSA) is 130 Å². The maximum absolute atomic E-state index is 12.9. The molecule has 0 radical (unpaired) electrons. The molecule has 10 heteroatoms. The summed E-state index contributed by atoms with van der Waals surface area (Å²) >= 11 is 0. The lowest BCUT2D eigenvalue weighted by atomic mass is 10.0. The summed E-state index contributed by atoms with van der Waals surface area (Å²) in [4.78, 5) is 38.1. The van der Waals surface area contributed by atoms with Gasteiger partial charge in [-0.05, 0) is 67.3 Å². The lowest BCUT2D eigenvalue weighted by Crippen LogP contribution is -2.37. The van der Waals surface area contributed by atoms with Gasteiger partial charge >= 0.3 is 0 Å². The third-order valence-corrected chi connectivity index (χ3v) is 8.37. The van der Waals surface area contributed by atoms with E-state index in [0.717, 1.165) is 12.8 Å². The second-order valence-electron chi connectivity index (χ2n) is 8.92. The van der Waals surface area contributed by atoms with Gasteiger partial charge in [0.25, 0.3) is 0 Å². The van der Waals surface area contributed by atoms with Crippen LogP contribution in [0.25, 0.3) is 0 Å². The van der Waals surface area contributed by atoms with Crippen molar-refractivity contribution in [2.24, 2.45) is 17.6 Å². The van der Waals surface area contributed by atoms with Crippen LogP contribution in [0.2, 0.25) is 0 Å². The van der Waals surface area contributed by atoms with Crippen LogP contribution in [0.1, 0.15) is 36.5 Å².